The van der Waals surface area contributed by atoms with Crippen molar-refractivity contribution in [3.05, 3.63) is 41.4 Å². The van der Waals surface area contributed by atoms with Crippen LogP contribution in [0.3, 0.4) is 0 Å². The number of halogens is 1. The van der Waals surface area contributed by atoms with Gasteiger partial charge in [0.1, 0.15) is 12.4 Å². The number of amides is 1. The molecule has 1 aliphatic rings. The van der Waals surface area contributed by atoms with Crippen LogP contribution >= 0.6 is 11.6 Å². The number of aromatic nitrogens is 2. The maximum atomic E-state index is 12.9. The Balaban J connectivity index is 1.79. The number of aryl methyl sites for hydroxylation is 1. The Kier molecular flexibility index (Phi) is 6.18. The molecule has 0 spiro atoms. The zero-order valence-corrected chi connectivity index (χ0v) is 16.8. The number of hydrogen-bond acceptors (Lipinski definition) is 4. The van der Waals surface area contributed by atoms with Crippen LogP contribution in [-0.4, -0.2) is 41.3 Å². The third kappa shape index (κ3) is 4.69. The number of rotatable bonds is 5. The normalized spacial score (nSPS) is 16.1. The highest BCUT2D eigenvalue weighted by Gasteiger charge is 2.26. The first-order chi connectivity index (χ1) is 12.9. The predicted octanol–water partition coefficient (Wildman–Crippen LogP) is 3.05. The zero-order chi connectivity index (χ0) is 19.4. The Hall–Kier alpha value is -1.90. The number of nitrogens with zero attached hydrogens (tertiary/aromatic N) is 3. The highest BCUT2D eigenvalue weighted by atomic mass is 35.5. The van der Waals surface area contributed by atoms with Crippen molar-refractivity contribution in [1.29, 1.82) is 0 Å². The van der Waals surface area contributed by atoms with Crippen molar-refractivity contribution in [2.45, 2.75) is 44.0 Å². The second-order valence-electron chi connectivity index (χ2n) is 6.61. The van der Waals surface area contributed by atoms with Gasteiger partial charge in [-0.25, -0.2) is 13.4 Å². The van der Waals surface area contributed by atoms with E-state index in [0.29, 0.717) is 23.9 Å². The van der Waals surface area contributed by atoms with Crippen LogP contribution in [0.25, 0.3) is 0 Å². The molecule has 9 heteroatoms. The quantitative estimate of drug-likeness (QED) is 0.820. The van der Waals surface area contributed by atoms with Crippen LogP contribution in [0.15, 0.2) is 35.5 Å². The molecule has 1 aromatic carbocycles. The van der Waals surface area contributed by atoms with E-state index in [9.17, 15) is 13.2 Å². The van der Waals surface area contributed by atoms with Gasteiger partial charge in [0, 0.05) is 25.5 Å². The van der Waals surface area contributed by atoms with Crippen molar-refractivity contribution in [3.8, 4) is 0 Å². The highest BCUT2D eigenvalue weighted by molar-refractivity contribution is 7.89. The fraction of sp³-hybridized carbons (Fsp3) is 0.444. The lowest BCUT2D eigenvalue weighted by Gasteiger charge is -2.20. The summed E-state index contributed by atoms with van der Waals surface area (Å²) in [6.07, 6.45) is 7.13. The van der Waals surface area contributed by atoms with Crippen molar-refractivity contribution < 1.29 is 13.2 Å². The summed E-state index contributed by atoms with van der Waals surface area (Å²) in [5.74, 6) is 0.413. The minimum Gasteiger partial charge on any atom is -0.326 e. The molecule has 3 rings (SSSR count). The van der Waals surface area contributed by atoms with Gasteiger partial charge in [-0.05, 0) is 38.0 Å². The average Bonchev–Trinajstić information content (AvgIpc) is 2.87. The summed E-state index contributed by atoms with van der Waals surface area (Å²) in [5.41, 5.74) is 0.287. The van der Waals surface area contributed by atoms with E-state index >= 15 is 0 Å². The van der Waals surface area contributed by atoms with Crippen LogP contribution in [0.4, 0.5) is 5.69 Å². The lowest BCUT2D eigenvalue weighted by atomic mass is 10.2. The SMILES string of the molecule is Cc1nccn1CC(=O)Nc1cc(S(=O)(=O)N2CCCCCC2)ccc1Cl. The Morgan fingerprint density at radius 1 is 1.22 bits per heavy atom. The molecule has 0 atom stereocenters. The average molecular weight is 411 g/mol. The molecule has 2 heterocycles. The topological polar surface area (TPSA) is 84.3 Å². The molecule has 1 N–H and O–H groups in total. The molecule has 0 unspecified atom stereocenters. The van der Waals surface area contributed by atoms with Crippen LogP contribution in [0.1, 0.15) is 31.5 Å². The van der Waals surface area contributed by atoms with Gasteiger partial charge in [0.25, 0.3) is 0 Å². The number of sulfonamides is 1. The summed E-state index contributed by atoms with van der Waals surface area (Å²) in [4.78, 5) is 16.5. The molecule has 0 aliphatic carbocycles. The van der Waals surface area contributed by atoms with E-state index in [2.05, 4.69) is 10.3 Å². The molecule has 1 saturated heterocycles. The molecule has 146 valence electrons. The van der Waals surface area contributed by atoms with Crippen LogP contribution in [-0.2, 0) is 21.4 Å². The Bertz CT molecular complexity index is 918. The van der Waals surface area contributed by atoms with E-state index in [1.807, 2.05) is 0 Å². The third-order valence-electron chi connectivity index (χ3n) is 4.65. The van der Waals surface area contributed by atoms with Gasteiger partial charge in [0.05, 0.1) is 15.6 Å². The van der Waals surface area contributed by atoms with E-state index in [1.165, 1.54) is 22.5 Å². The van der Waals surface area contributed by atoms with E-state index in [0.717, 1.165) is 25.7 Å². The molecular formula is C18H23ClN4O3S. The fourth-order valence-electron chi connectivity index (χ4n) is 3.11. The Morgan fingerprint density at radius 2 is 1.93 bits per heavy atom. The third-order valence-corrected chi connectivity index (χ3v) is 6.88. The molecule has 1 aromatic heterocycles. The number of anilines is 1. The second kappa shape index (κ2) is 8.41. The lowest BCUT2D eigenvalue weighted by molar-refractivity contribution is -0.116. The summed E-state index contributed by atoms with van der Waals surface area (Å²) in [6.45, 7) is 2.92. The molecule has 1 amide bonds. The smallest absolute Gasteiger partial charge is 0.244 e. The number of hydrogen-bond donors (Lipinski definition) is 1. The molecule has 27 heavy (non-hydrogen) atoms. The van der Waals surface area contributed by atoms with Gasteiger partial charge in [-0.1, -0.05) is 24.4 Å². The lowest BCUT2D eigenvalue weighted by Crippen LogP contribution is -2.32. The number of carbonyl (C=O) groups is 1. The van der Waals surface area contributed by atoms with Gasteiger partial charge in [-0.2, -0.15) is 4.31 Å². The van der Waals surface area contributed by atoms with Crippen molar-refractivity contribution >= 4 is 33.2 Å². The summed E-state index contributed by atoms with van der Waals surface area (Å²) < 4.78 is 29.1. The van der Waals surface area contributed by atoms with Crippen molar-refractivity contribution in [1.82, 2.24) is 13.9 Å². The Morgan fingerprint density at radius 3 is 2.56 bits per heavy atom. The van der Waals surface area contributed by atoms with Crippen molar-refractivity contribution in [3.63, 3.8) is 0 Å². The first kappa shape index (κ1) is 19.9. The molecule has 2 aromatic rings. The maximum Gasteiger partial charge on any atom is 0.244 e. The maximum absolute atomic E-state index is 12.9. The molecule has 0 bridgehead atoms. The van der Waals surface area contributed by atoms with Gasteiger partial charge in [-0.15, -0.1) is 0 Å². The summed E-state index contributed by atoms with van der Waals surface area (Å²) >= 11 is 6.17. The van der Waals surface area contributed by atoms with E-state index in [-0.39, 0.29) is 23.0 Å². The number of nitrogens with one attached hydrogen (secondary N) is 1. The van der Waals surface area contributed by atoms with Gasteiger partial charge >= 0.3 is 0 Å². The fourth-order valence-corrected chi connectivity index (χ4v) is 4.82. The van der Waals surface area contributed by atoms with Gasteiger partial charge in [0.15, 0.2) is 0 Å². The molecule has 1 aliphatic heterocycles. The predicted molar refractivity (Wildman–Crippen MR) is 104 cm³/mol. The largest absolute Gasteiger partial charge is 0.326 e. The molecule has 0 radical (unpaired) electrons. The summed E-state index contributed by atoms with van der Waals surface area (Å²) in [7, 11) is -3.61. The molecule has 7 nitrogen and oxygen atoms in total. The van der Waals surface area contributed by atoms with Crippen LogP contribution < -0.4 is 5.32 Å². The van der Waals surface area contributed by atoms with Crippen molar-refractivity contribution in [2.24, 2.45) is 0 Å². The van der Waals surface area contributed by atoms with Crippen LogP contribution in [0.5, 0.6) is 0 Å². The molecule has 1 fully saturated rings. The first-order valence-corrected chi connectivity index (χ1v) is 10.8. The standard InChI is InChI=1S/C18H23ClN4O3S/c1-14-20-8-11-22(14)13-18(24)21-17-12-15(6-7-16(17)19)27(25,26)23-9-4-2-3-5-10-23/h6-8,11-12H,2-5,9-10,13H2,1H3,(H,21,24). The van der Waals surface area contributed by atoms with Crippen LogP contribution in [0, 0.1) is 6.92 Å². The van der Waals surface area contributed by atoms with Crippen molar-refractivity contribution in [2.75, 3.05) is 18.4 Å². The Labute approximate surface area is 164 Å². The van der Waals surface area contributed by atoms with E-state index in [1.54, 1.807) is 23.9 Å². The minimum absolute atomic E-state index is 0.0747. The summed E-state index contributed by atoms with van der Waals surface area (Å²) in [6, 6.07) is 4.42. The number of benzene rings is 1. The summed E-state index contributed by atoms with van der Waals surface area (Å²) in [5, 5.41) is 2.99. The minimum atomic E-state index is -3.61. The van der Waals surface area contributed by atoms with Crippen LogP contribution in [0.2, 0.25) is 5.02 Å². The van der Waals surface area contributed by atoms with Gasteiger partial charge in [0.2, 0.25) is 15.9 Å². The first-order valence-electron chi connectivity index (χ1n) is 8.95. The van der Waals surface area contributed by atoms with Gasteiger partial charge < -0.3 is 9.88 Å². The van der Waals surface area contributed by atoms with E-state index < -0.39 is 10.0 Å². The number of carbonyl (C=O) groups excluding carboxylic acids is 1. The second-order valence-corrected chi connectivity index (χ2v) is 8.96. The highest BCUT2D eigenvalue weighted by Crippen LogP contribution is 2.28. The number of imidazole rings is 1. The molecular weight excluding hydrogens is 388 g/mol. The monoisotopic (exact) mass is 410 g/mol. The van der Waals surface area contributed by atoms with E-state index in [4.69, 9.17) is 11.6 Å². The zero-order valence-electron chi connectivity index (χ0n) is 15.2. The molecule has 0 saturated carbocycles. The van der Waals surface area contributed by atoms with Gasteiger partial charge in [-0.3, -0.25) is 4.79 Å².